The molecule has 2 fully saturated rings. The number of ether oxygens (including phenoxy) is 11. The predicted octanol–water partition coefficient (Wildman–Crippen LogP) is 12.5. The SMILES string of the molecule is CC(=O)OC[C@H]1O[C@@](COC(C)=O)(O[C@H]2O[C@H](COC(c3ccccc3)(c3ccccc3)c3ccccc3)[C@@H](OC(c3ccccc3)(c3ccccc3)c3ccccc3)[C@H](OC(c3ccccc3)(c3ccccc3)c3ccccc3)[C@H]2OC(C)=O)[C@@H](OC(C)=O)[C@@H]1OC(C)=O. The van der Waals surface area contributed by atoms with Gasteiger partial charge in [0.1, 0.15) is 54.4 Å². The first kappa shape index (κ1) is 66.5. The molecule has 2 aliphatic rings. The molecular formula is C79H74O16. The molecule has 0 radical (unpaired) electrons. The normalized spacial score (nSPS) is 21.1. The summed E-state index contributed by atoms with van der Waals surface area (Å²) in [6.07, 6.45) is -13.2. The molecule has 0 unspecified atom stereocenters. The molecule has 0 N–H and O–H groups in total. The Morgan fingerprint density at radius 1 is 0.337 bits per heavy atom. The summed E-state index contributed by atoms with van der Waals surface area (Å²) < 4.78 is 76.6. The van der Waals surface area contributed by atoms with E-state index in [4.69, 9.17) is 52.1 Å². The van der Waals surface area contributed by atoms with Gasteiger partial charge in [0.05, 0.1) is 6.61 Å². The molecule has 2 saturated heterocycles. The minimum Gasteiger partial charge on any atom is -0.463 e. The summed E-state index contributed by atoms with van der Waals surface area (Å²) in [6, 6.07) is 87.3. The van der Waals surface area contributed by atoms with Crippen molar-refractivity contribution in [1.82, 2.24) is 0 Å². The Labute approximate surface area is 552 Å². The minimum atomic E-state index is -2.56. The highest BCUT2D eigenvalue weighted by Gasteiger charge is 2.66. The van der Waals surface area contributed by atoms with E-state index in [1.807, 2.05) is 273 Å². The summed E-state index contributed by atoms with van der Waals surface area (Å²) in [7, 11) is 0. The Morgan fingerprint density at radius 2 is 0.642 bits per heavy atom. The van der Waals surface area contributed by atoms with Crippen LogP contribution in [0, 0.1) is 0 Å². The Balaban J connectivity index is 1.25. The van der Waals surface area contributed by atoms with Gasteiger partial charge in [-0.05, 0) is 50.1 Å². The number of carbonyl (C=O) groups is 5. The van der Waals surface area contributed by atoms with Crippen LogP contribution in [-0.2, 0) is 92.9 Å². The van der Waals surface area contributed by atoms with Crippen molar-refractivity contribution in [3.8, 4) is 0 Å². The molecule has 2 heterocycles. The van der Waals surface area contributed by atoms with Crippen molar-refractivity contribution >= 4 is 29.8 Å². The van der Waals surface area contributed by atoms with Gasteiger partial charge in [-0.1, -0.05) is 273 Å². The number of carbonyl (C=O) groups excluding carboxylic acids is 5. The highest BCUT2D eigenvalue weighted by molar-refractivity contribution is 5.69. The molecule has 0 amide bonds. The van der Waals surface area contributed by atoms with E-state index in [0.29, 0.717) is 33.4 Å². The molecule has 0 aliphatic carbocycles. The van der Waals surface area contributed by atoms with Crippen LogP contribution >= 0.6 is 0 Å². The third kappa shape index (κ3) is 14.3. The van der Waals surface area contributed by atoms with E-state index in [1.165, 1.54) is 13.8 Å². The molecule has 0 bridgehead atoms. The largest absolute Gasteiger partial charge is 0.463 e. The van der Waals surface area contributed by atoms with E-state index >= 15 is 0 Å². The van der Waals surface area contributed by atoms with Crippen LogP contribution in [0.1, 0.15) is 84.7 Å². The summed E-state index contributed by atoms with van der Waals surface area (Å²) in [6.45, 7) is 3.94. The van der Waals surface area contributed by atoms with E-state index in [0.717, 1.165) is 37.5 Å². The van der Waals surface area contributed by atoms with Gasteiger partial charge < -0.3 is 52.1 Å². The lowest BCUT2D eigenvalue weighted by Gasteiger charge is -2.53. The monoisotopic (exact) mass is 1280 g/mol. The molecule has 95 heavy (non-hydrogen) atoms. The molecule has 16 heteroatoms. The Hall–Kier alpha value is -9.91. The number of hydrogen-bond donors (Lipinski definition) is 0. The number of rotatable bonds is 25. The van der Waals surface area contributed by atoms with Crippen LogP contribution < -0.4 is 0 Å². The highest BCUT2D eigenvalue weighted by atomic mass is 16.8. The lowest BCUT2D eigenvalue weighted by molar-refractivity contribution is -0.395. The quantitative estimate of drug-likeness (QED) is 0.0298. The Bertz CT molecular complexity index is 3670. The van der Waals surface area contributed by atoms with Gasteiger partial charge >= 0.3 is 29.8 Å². The van der Waals surface area contributed by atoms with Crippen LogP contribution in [0.15, 0.2) is 273 Å². The number of hydrogen-bond acceptors (Lipinski definition) is 16. The second-order valence-corrected chi connectivity index (χ2v) is 23.2. The second-order valence-electron chi connectivity index (χ2n) is 23.2. The first-order chi connectivity index (χ1) is 46.2. The van der Waals surface area contributed by atoms with E-state index in [9.17, 15) is 24.0 Å². The summed E-state index contributed by atoms with van der Waals surface area (Å²) in [5.74, 6) is -6.71. The van der Waals surface area contributed by atoms with Gasteiger partial charge in [0.15, 0.2) is 18.3 Å². The summed E-state index contributed by atoms with van der Waals surface area (Å²) in [4.78, 5) is 67.5. The predicted molar refractivity (Wildman–Crippen MR) is 351 cm³/mol. The molecule has 0 spiro atoms. The Kier molecular flexibility index (Phi) is 21.0. The topological polar surface area (TPSA) is 187 Å². The third-order valence-corrected chi connectivity index (χ3v) is 16.9. The van der Waals surface area contributed by atoms with Gasteiger partial charge in [0, 0.05) is 34.6 Å². The third-order valence-electron chi connectivity index (χ3n) is 16.9. The molecule has 11 rings (SSSR count). The number of benzene rings is 9. The maximum absolute atomic E-state index is 14.6. The first-order valence-electron chi connectivity index (χ1n) is 31.5. The van der Waals surface area contributed by atoms with Gasteiger partial charge in [0.2, 0.25) is 12.1 Å². The van der Waals surface area contributed by atoms with Gasteiger partial charge in [-0.2, -0.15) is 0 Å². The molecule has 9 aromatic carbocycles. The van der Waals surface area contributed by atoms with Crippen LogP contribution in [0.25, 0.3) is 0 Å². The van der Waals surface area contributed by atoms with E-state index < -0.39 is 121 Å². The highest BCUT2D eigenvalue weighted by Crippen LogP contribution is 2.51. The van der Waals surface area contributed by atoms with Crippen LogP contribution in [0.2, 0.25) is 0 Å². The summed E-state index contributed by atoms with van der Waals surface area (Å²) in [5, 5.41) is 0. The lowest BCUT2D eigenvalue weighted by Crippen LogP contribution is -2.67. The van der Waals surface area contributed by atoms with Crippen molar-refractivity contribution in [3.63, 3.8) is 0 Å². The lowest BCUT2D eigenvalue weighted by atomic mass is 9.78. The van der Waals surface area contributed by atoms with Crippen molar-refractivity contribution in [2.24, 2.45) is 0 Å². The zero-order valence-electron chi connectivity index (χ0n) is 53.3. The number of esters is 5. The fourth-order valence-corrected chi connectivity index (χ4v) is 13.0. The van der Waals surface area contributed by atoms with Gasteiger partial charge in [-0.25, -0.2) is 0 Å². The maximum atomic E-state index is 14.6. The molecule has 0 saturated carbocycles. The second kappa shape index (κ2) is 30.0. The maximum Gasteiger partial charge on any atom is 0.303 e. The average molecular weight is 1280 g/mol. The molecule has 0 aromatic heterocycles. The standard InChI is InChI=1S/C79H74O16/c1-54(80)85-51-69-71(88-56(3)82)74(90-58(5)84)76(92-69,53-86-55(2)81)95-75-73(89-57(4)83)72(94-79(65-45-27-12-28-46-65,66-47-29-13-30-48-66)67-49-31-14-32-50-67)70(93-78(62-39-21-9-22-40-62,63-41-23-10-24-42-63)64-43-25-11-26-44-64)68(91-75)52-87-77(59-33-15-6-16-34-59,60-35-17-7-18-36-60)61-37-19-8-20-38-61/h6-50,68-75H,51-53H2,1-5H3/t68-,69-,70-,71-,72+,73-,74+,75-,76+/m1/s1. The van der Waals surface area contributed by atoms with E-state index in [1.54, 1.807) is 0 Å². The van der Waals surface area contributed by atoms with Crippen LogP contribution in [0.5, 0.6) is 0 Å². The summed E-state index contributed by atoms with van der Waals surface area (Å²) >= 11 is 0. The van der Waals surface area contributed by atoms with Gasteiger partial charge in [-0.3, -0.25) is 24.0 Å². The van der Waals surface area contributed by atoms with Crippen LogP contribution in [0.3, 0.4) is 0 Å². The Morgan fingerprint density at radius 3 is 0.958 bits per heavy atom. The smallest absolute Gasteiger partial charge is 0.303 e. The van der Waals surface area contributed by atoms with Crippen molar-refractivity contribution < 1.29 is 76.1 Å². The van der Waals surface area contributed by atoms with Crippen molar-refractivity contribution in [3.05, 3.63) is 323 Å². The first-order valence-corrected chi connectivity index (χ1v) is 31.5. The molecule has 2 aliphatic heterocycles. The fourth-order valence-electron chi connectivity index (χ4n) is 13.0. The molecular weight excluding hydrogens is 1200 g/mol. The fraction of sp³-hybridized carbons (Fsp3) is 0.253. The van der Waals surface area contributed by atoms with Crippen LogP contribution in [0.4, 0.5) is 0 Å². The molecule has 16 nitrogen and oxygen atoms in total. The summed E-state index contributed by atoms with van der Waals surface area (Å²) in [5.41, 5.74) is 1.53. The van der Waals surface area contributed by atoms with Crippen molar-refractivity contribution in [1.29, 1.82) is 0 Å². The van der Waals surface area contributed by atoms with Crippen molar-refractivity contribution in [2.75, 3.05) is 19.8 Å². The van der Waals surface area contributed by atoms with Gasteiger partial charge in [0.25, 0.3) is 0 Å². The van der Waals surface area contributed by atoms with E-state index in [-0.39, 0.29) is 0 Å². The van der Waals surface area contributed by atoms with Gasteiger partial charge in [-0.15, -0.1) is 0 Å². The zero-order valence-corrected chi connectivity index (χ0v) is 53.3. The zero-order chi connectivity index (χ0) is 66.4. The van der Waals surface area contributed by atoms with E-state index in [2.05, 4.69) is 0 Å². The molecule has 9 atom stereocenters. The average Bonchev–Trinajstić information content (AvgIpc) is 1.69. The molecule has 486 valence electrons. The minimum absolute atomic E-state index is 0.393. The molecule has 9 aromatic rings. The van der Waals surface area contributed by atoms with Crippen LogP contribution in [-0.4, -0.2) is 104 Å². The van der Waals surface area contributed by atoms with Crippen molar-refractivity contribution in [2.45, 2.75) is 106 Å².